The largest absolute Gasteiger partial charge is 0.342 e. The summed E-state index contributed by atoms with van der Waals surface area (Å²) in [4.78, 5) is 26.6. The first-order valence-corrected chi connectivity index (χ1v) is 10.9. The van der Waals surface area contributed by atoms with Crippen molar-refractivity contribution in [3.63, 3.8) is 0 Å². The molecule has 0 aromatic carbocycles. The lowest BCUT2D eigenvalue weighted by molar-refractivity contribution is -0.145. The molecule has 148 valence electrons. The number of amides is 1. The Morgan fingerprint density at radius 3 is 2.63 bits per heavy atom. The monoisotopic (exact) mass is 370 g/mol. The zero-order chi connectivity index (χ0) is 18.7. The molecular weight excluding hydrogens is 336 g/mol. The van der Waals surface area contributed by atoms with Gasteiger partial charge < -0.3 is 4.90 Å². The van der Waals surface area contributed by atoms with Gasteiger partial charge in [0.2, 0.25) is 5.91 Å². The van der Waals surface area contributed by atoms with Crippen molar-refractivity contribution < 1.29 is 4.79 Å². The molecule has 3 fully saturated rings. The summed E-state index contributed by atoms with van der Waals surface area (Å²) in [6, 6.07) is 0. The Labute approximate surface area is 163 Å². The van der Waals surface area contributed by atoms with Crippen LogP contribution in [0.15, 0.2) is 12.4 Å². The lowest BCUT2D eigenvalue weighted by Crippen LogP contribution is -2.50. The van der Waals surface area contributed by atoms with Crippen molar-refractivity contribution in [2.24, 2.45) is 11.3 Å². The molecule has 3 aliphatic rings. The minimum Gasteiger partial charge on any atom is -0.342 e. The van der Waals surface area contributed by atoms with Gasteiger partial charge in [0.1, 0.15) is 5.82 Å². The SMILES string of the molecule is Cc1ncc(CN2CCC3(CCCN(CCC4CCCCC4)C3=O)C2)cn1. The first kappa shape index (κ1) is 18.9. The topological polar surface area (TPSA) is 49.3 Å². The number of rotatable bonds is 5. The highest BCUT2D eigenvalue weighted by molar-refractivity contribution is 5.84. The van der Waals surface area contributed by atoms with Gasteiger partial charge in [-0.1, -0.05) is 32.1 Å². The molecule has 1 saturated carbocycles. The van der Waals surface area contributed by atoms with E-state index in [-0.39, 0.29) is 5.41 Å². The second kappa shape index (κ2) is 8.26. The average Bonchev–Trinajstić information content (AvgIpc) is 3.09. The van der Waals surface area contributed by atoms with Crippen molar-refractivity contribution in [3.8, 4) is 0 Å². The van der Waals surface area contributed by atoms with Gasteiger partial charge in [0, 0.05) is 44.1 Å². The third-order valence-electron chi connectivity index (χ3n) is 7.03. The smallest absolute Gasteiger partial charge is 0.230 e. The van der Waals surface area contributed by atoms with Gasteiger partial charge in [0.05, 0.1) is 5.41 Å². The molecule has 0 bridgehead atoms. The maximum Gasteiger partial charge on any atom is 0.230 e. The van der Waals surface area contributed by atoms with Crippen molar-refractivity contribution >= 4 is 5.91 Å². The lowest BCUT2D eigenvalue weighted by atomic mass is 9.78. The van der Waals surface area contributed by atoms with Crippen LogP contribution < -0.4 is 0 Å². The van der Waals surface area contributed by atoms with Crippen LogP contribution in [0.1, 0.15) is 69.2 Å². The van der Waals surface area contributed by atoms with E-state index in [4.69, 9.17) is 0 Å². The van der Waals surface area contributed by atoms with Crippen LogP contribution in [0.25, 0.3) is 0 Å². The van der Waals surface area contributed by atoms with Gasteiger partial charge in [-0.25, -0.2) is 9.97 Å². The normalized spacial score (nSPS) is 27.6. The highest BCUT2D eigenvalue weighted by Gasteiger charge is 2.48. The van der Waals surface area contributed by atoms with Crippen LogP contribution in [0.5, 0.6) is 0 Å². The lowest BCUT2D eigenvalue weighted by Gasteiger charge is -2.40. The Hall–Kier alpha value is -1.49. The molecule has 3 heterocycles. The number of nitrogens with zero attached hydrogens (tertiary/aromatic N) is 4. The van der Waals surface area contributed by atoms with Crippen LogP contribution in [0.4, 0.5) is 0 Å². The van der Waals surface area contributed by atoms with Gasteiger partial charge in [-0.3, -0.25) is 9.69 Å². The zero-order valence-electron chi connectivity index (χ0n) is 16.8. The number of aromatic nitrogens is 2. The third-order valence-corrected chi connectivity index (χ3v) is 7.03. The molecule has 1 aromatic rings. The standard InChI is InChI=1S/C22H34N4O/c1-18-23-14-20(15-24-18)16-25-13-10-22(17-25)9-5-11-26(21(22)27)12-8-19-6-3-2-4-7-19/h14-15,19H,2-13,16-17H2,1H3. The minimum absolute atomic E-state index is 0.129. The predicted molar refractivity (Wildman–Crippen MR) is 106 cm³/mol. The number of carbonyl (C=O) groups is 1. The van der Waals surface area contributed by atoms with Crippen LogP contribution in [0.3, 0.4) is 0 Å². The van der Waals surface area contributed by atoms with Gasteiger partial charge in [0.15, 0.2) is 0 Å². The fourth-order valence-electron chi connectivity index (χ4n) is 5.41. The molecule has 1 amide bonds. The van der Waals surface area contributed by atoms with Crippen molar-refractivity contribution in [2.45, 2.75) is 71.3 Å². The van der Waals surface area contributed by atoms with E-state index >= 15 is 0 Å². The van der Waals surface area contributed by atoms with E-state index in [2.05, 4.69) is 19.8 Å². The average molecular weight is 371 g/mol. The summed E-state index contributed by atoms with van der Waals surface area (Å²) >= 11 is 0. The van der Waals surface area contributed by atoms with E-state index in [1.807, 2.05) is 19.3 Å². The molecule has 2 saturated heterocycles. The molecule has 0 N–H and O–H groups in total. The fraction of sp³-hybridized carbons (Fsp3) is 0.773. The summed E-state index contributed by atoms with van der Waals surface area (Å²) in [6.07, 6.45) is 15.2. The number of hydrogen-bond acceptors (Lipinski definition) is 4. The van der Waals surface area contributed by atoms with Crippen LogP contribution >= 0.6 is 0 Å². The number of likely N-dealkylation sites (tertiary alicyclic amines) is 2. The van der Waals surface area contributed by atoms with Gasteiger partial charge in [-0.05, 0) is 45.1 Å². The highest BCUT2D eigenvalue weighted by atomic mass is 16.2. The van der Waals surface area contributed by atoms with Crippen LogP contribution in [0, 0.1) is 18.3 Å². The molecule has 1 unspecified atom stereocenters. The summed E-state index contributed by atoms with van der Waals surface area (Å²) in [7, 11) is 0. The van der Waals surface area contributed by atoms with Crippen molar-refractivity contribution in [1.29, 1.82) is 0 Å². The Morgan fingerprint density at radius 1 is 1.07 bits per heavy atom. The van der Waals surface area contributed by atoms with Gasteiger partial charge in [-0.2, -0.15) is 0 Å². The van der Waals surface area contributed by atoms with Crippen LogP contribution in [-0.4, -0.2) is 51.9 Å². The summed E-state index contributed by atoms with van der Waals surface area (Å²) in [6.45, 7) is 6.64. The van der Waals surface area contributed by atoms with Crippen LogP contribution in [-0.2, 0) is 11.3 Å². The summed E-state index contributed by atoms with van der Waals surface area (Å²) in [5.41, 5.74) is 1.02. The number of aryl methyl sites for hydroxylation is 1. The molecular formula is C22H34N4O. The molecule has 1 aromatic heterocycles. The number of carbonyl (C=O) groups excluding carboxylic acids is 1. The predicted octanol–water partition coefficient (Wildman–Crippen LogP) is 3.57. The molecule has 4 rings (SSSR count). The van der Waals surface area contributed by atoms with E-state index in [9.17, 15) is 4.79 Å². The molecule has 1 spiro atoms. The van der Waals surface area contributed by atoms with E-state index in [1.54, 1.807) is 0 Å². The first-order chi connectivity index (χ1) is 13.1. The minimum atomic E-state index is -0.129. The molecule has 5 heteroatoms. The van der Waals surface area contributed by atoms with Gasteiger partial charge >= 0.3 is 0 Å². The molecule has 27 heavy (non-hydrogen) atoms. The first-order valence-electron chi connectivity index (χ1n) is 10.9. The molecule has 1 aliphatic carbocycles. The van der Waals surface area contributed by atoms with Crippen molar-refractivity contribution in [2.75, 3.05) is 26.2 Å². The summed E-state index contributed by atoms with van der Waals surface area (Å²) < 4.78 is 0. The zero-order valence-corrected chi connectivity index (χ0v) is 16.8. The van der Waals surface area contributed by atoms with Gasteiger partial charge in [-0.15, -0.1) is 0 Å². The molecule has 2 aliphatic heterocycles. The number of hydrogen-bond donors (Lipinski definition) is 0. The fourth-order valence-corrected chi connectivity index (χ4v) is 5.41. The van der Waals surface area contributed by atoms with Crippen molar-refractivity contribution in [3.05, 3.63) is 23.8 Å². The Balaban J connectivity index is 1.33. The highest BCUT2D eigenvalue weighted by Crippen LogP contribution is 2.41. The maximum atomic E-state index is 13.3. The molecule has 5 nitrogen and oxygen atoms in total. The Morgan fingerprint density at radius 2 is 1.85 bits per heavy atom. The summed E-state index contributed by atoms with van der Waals surface area (Å²) in [5.74, 6) is 2.10. The van der Waals surface area contributed by atoms with Gasteiger partial charge in [0.25, 0.3) is 0 Å². The second-order valence-corrected chi connectivity index (χ2v) is 9.07. The number of piperidine rings is 1. The maximum absolute atomic E-state index is 13.3. The third kappa shape index (κ3) is 4.34. The summed E-state index contributed by atoms with van der Waals surface area (Å²) in [5, 5.41) is 0. The Bertz CT molecular complexity index is 640. The molecule has 1 atom stereocenters. The quantitative estimate of drug-likeness (QED) is 0.795. The van der Waals surface area contributed by atoms with E-state index in [0.717, 1.165) is 69.3 Å². The second-order valence-electron chi connectivity index (χ2n) is 9.07. The van der Waals surface area contributed by atoms with E-state index in [1.165, 1.54) is 38.5 Å². The van der Waals surface area contributed by atoms with E-state index in [0.29, 0.717) is 5.91 Å². The Kier molecular flexibility index (Phi) is 5.76. The van der Waals surface area contributed by atoms with Crippen molar-refractivity contribution in [1.82, 2.24) is 19.8 Å². The van der Waals surface area contributed by atoms with Crippen LogP contribution in [0.2, 0.25) is 0 Å². The molecule has 0 radical (unpaired) electrons. The van der Waals surface area contributed by atoms with E-state index < -0.39 is 0 Å².